The van der Waals surface area contributed by atoms with E-state index in [-0.39, 0.29) is 11.6 Å². The zero-order valence-electron chi connectivity index (χ0n) is 12.2. The fourth-order valence-electron chi connectivity index (χ4n) is 2.49. The number of anilines is 1. The number of rotatable bonds is 4. The summed E-state index contributed by atoms with van der Waals surface area (Å²) in [6.45, 7) is 1.01. The van der Waals surface area contributed by atoms with Gasteiger partial charge in [0.25, 0.3) is 6.02 Å². The monoisotopic (exact) mass is 313 g/mol. The molecule has 22 heavy (non-hydrogen) atoms. The van der Waals surface area contributed by atoms with Crippen molar-refractivity contribution in [3.8, 4) is 0 Å². The van der Waals surface area contributed by atoms with E-state index in [1.807, 2.05) is 0 Å². The van der Waals surface area contributed by atoms with E-state index < -0.39 is 23.9 Å². The van der Waals surface area contributed by atoms with Crippen LogP contribution in [0.4, 0.5) is 18.9 Å². The van der Waals surface area contributed by atoms with Crippen LogP contribution >= 0.6 is 0 Å². The molecule has 3 N–H and O–H groups in total. The molecule has 1 aromatic rings. The summed E-state index contributed by atoms with van der Waals surface area (Å²) >= 11 is 0. The first-order valence-electron chi connectivity index (χ1n) is 7.22. The molecule has 0 aromatic heterocycles. The number of alkyl halides is 2. The standard InChI is InChI=1S/C15H18F3N3O/c1-14(15(17,18)8-22-13(19)21-14)11-6-10(4-5-12(11)16)20-7-9-2-3-9/h4-6,9,20H,2-3,7-8H2,1H3,(H2,19,21)/t14-/m1/s1. The van der Waals surface area contributed by atoms with E-state index in [0.717, 1.165) is 19.4 Å². The average molecular weight is 313 g/mol. The molecule has 0 radical (unpaired) electrons. The van der Waals surface area contributed by atoms with Crippen molar-refractivity contribution in [2.45, 2.75) is 31.2 Å². The highest BCUT2D eigenvalue weighted by molar-refractivity contribution is 5.73. The summed E-state index contributed by atoms with van der Waals surface area (Å²) in [4.78, 5) is 3.70. The highest BCUT2D eigenvalue weighted by Crippen LogP contribution is 2.45. The molecule has 0 amide bonds. The lowest BCUT2D eigenvalue weighted by atomic mass is 9.85. The van der Waals surface area contributed by atoms with Crippen LogP contribution in [0, 0.1) is 11.7 Å². The van der Waals surface area contributed by atoms with Crippen LogP contribution in [0.2, 0.25) is 0 Å². The van der Waals surface area contributed by atoms with Crippen LogP contribution in [-0.4, -0.2) is 25.1 Å². The lowest BCUT2D eigenvalue weighted by molar-refractivity contribution is -0.117. The number of hydrogen-bond donors (Lipinski definition) is 2. The number of nitrogens with two attached hydrogens (primary N) is 1. The third kappa shape index (κ3) is 2.60. The minimum atomic E-state index is -3.36. The van der Waals surface area contributed by atoms with Gasteiger partial charge >= 0.3 is 5.92 Å². The van der Waals surface area contributed by atoms with E-state index in [0.29, 0.717) is 11.6 Å². The van der Waals surface area contributed by atoms with Crippen LogP contribution in [0.15, 0.2) is 23.2 Å². The Balaban J connectivity index is 1.97. The highest BCUT2D eigenvalue weighted by Gasteiger charge is 2.56. The Labute approximate surface area is 126 Å². The Morgan fingerprint density at radius 2 is 2.14 bits per heavy atom. The van der Waals surface area contributed by atoms with Crippen LogP contribution in [-0.2, 0) is 10.3 Å². The number of benzene rings is 1. The molecule has 1 saturated carbocycles. The predicted molar refractivity (Wildman–Crippen MR) is 77.5 cm³/mol. The van der Waals surface area contributed by atoms with Crippen LogP contribution in [0.5, 0.6) is 0 Å². The molecule has 1 aliphatic heterocycles. The Morgan fingerprint density at radius 3 is 2.82 bits per heavy atom. The SMILES string of the molecule is C[C@]1(c2cc(NCC3CC3)ccc2F)N=C(N)OCC1(F)F. The van der Waals surface area contributed by atoms with Crippen molar-refractivity contribution in [2.75, 3.05) is 18.5 Å². The van der Waals surface area contributed by atoms with E-state index in [9.17, 15) is 13.2 Å². The lowest BCUT2D eigenvalue weighted by Gasteiger charge is -2.37. The zero-order chi connectivity index (χ0) is 16.0. The van der Waals surface area contributed by atoms with Crippen molar-refractivity contribution in [3.63, 3.8) is 0 Å². The number of amidine groups is 1. The lowest BCUT2D eigenvalue weighted by Crippen LogP contribution is -2.51. The van der Waals surface area contributed by atoms with Gasteiger partial charge in [-0.3, -0.25) is 0 Å². The maximum atomic E-state index is 14.3. The Kier molecular flexibility index (Phi) is 3.45. The van der Waals surface area contributed by atoms with Crippen LogP contribution in [0.3, 0.4) is 0 Å². The third-order valence-electron chi connectivity index (χ3n) is 4.23. The molecule has 1 atom stereocenters. The van der Waals surface area contributed by atoms with Gasteiger partial charge < -0.3 is 15.8 Å². The van der Waals surface area contributed by atoms with Gasteiger partial charge in [0.05, 0.1) is 0 Å². The van der Waals surface area contributed by atoms with Crippen LogP contribution in [0.25, 0.3) is 0 Å². The molecule has 0 bridgehead atoms. The number of halogens is 3. The molecule has 7 heteroatoms. The quantitative estimate of drug-likeness (QED) is 0.898. The summed E-state index contributed by atoms with van der Waals surface area (Å²) in [6, 6.07) is 3.74. The molecule has 0 saturated heterocycles. The summed E-state index contributed by atoms with van der Waals surface area (Å²) in [6.07, 6.45) is 2.32. The molecular formula is C15H18F3N3O. The van der Waals surface area contributed by atoms with Gasteiger partial charge in [-0.2, -0.15) is 8.78 Å². The van der Waals surface area contributed by atoms with E-state index in [1.54, 1.807) is 0 Å². The Bertz CT molecular complexity index is 616. The fraction of sp³-hybridized carbons (Fsp3) is 0.533. The summed E-state index contributed by atoms with van der Waals surface area (Å²) in [5.74, 6) is -3.48. The number of aliphatic imine (C=N–C) groups is 1. The second kappa shape index (κ2) is 5.07. The summed E-state index contributed by atoms with van der Waals surface area (Å²) in [5, 5.41) is 3.15. The largest absolute Gasteiger partial charge is 0.459 e. The topological polar surface area (TPSA) is 59.6 Å². The summed E-state index contributed by atoms with van der Waals surface area (Å²) < 4.78 is 47.3. The molecule has 1 aliphatic carbocycles. The van der Waals surface area contributed by atoms with Gasteiger partial charge in [-0.15, -0.1) is 0 Å². The Morgan fingerprint density at radius 1 is 1.41 bits per heavy atom. The maximum absolute atomic E-state index is 14.3. The van der Waals surface area contributed by atoms with Crippen LogP contribution in [0.1, 0.15) is 25.3 Å². The molecule has 1 aromatic carbocycles. The molecule has 1 fully saturated rings. The van der Waals surface area contributed by atoms with Crippen molar-refractivity contribution < 1.29 is 17.9 Å². The molecule has 120 valence electrons. The first-order valence-corrected chi connectivity index (χ1v) is 7.22. The second-order valence-corrected chi connectivity index (χ2v) is 6.03. The van der Waals surface area contributed by atoms with E-state index >= 15 is 0 Å². The van der Waals surface area contributed by atoms with Gasteiger partial charge in [0.15, 0.2) is 12.1 Å². The third-order valence-corrected chi connectivity index (χ3v) is 4.23. The number of nitrogens with zero attached hydrogens (tertiary/aromatic N) is 1. The summed E-state index contributed by atoms with van der Waals surface area (Å²) in [5.41, 5.74) is 3.74. The minimum absolute atomic E-state index is 0.190. The number of nitrogens with one attached hydrogen (secondary N) is 1. The molecular weight excluding hydrogens is 295 g/mol. The van der Waals surface area contributed by atoms with E-state index in [4.69, 9.17) is 5.73 Å². The van der Waals surface area contributed by atoms with Crippen LogP contribution < -0.4 is 11.1 Å². The maximum Gasteiger partial charge on any atom is 0.310 e. The number of ether oxygens (including phenoxy) is 1. The van der Waals surface area contributed by atoms with Crippen molar-refractivity contribution in [2.24, 2.45) is 16.6 Å². The highest BCUT2D eigenvalue weighted by atomic mass is 19.3. The molecule has 1 heterocycles. The fourth-order valence-corrected chi connectivity index (χ4v) is 2.49. The minimum Gasteiger partial charge on any atom is -0.459 e. The van der Waals surface area contributed by atoms with Gasteiger partial charge in [0.2, 0.25) is 0 Å². The average Bonchev–Trinajstić information content (AvgIpc) is 3.27. The first kappa shape index (κ1) is 15.0. The first-order chi connectivity index (χ1) is 10.3. The van der Waals surface area contributed by atoms with Crippen molar-refractivity contribution >= 4 is 11.7 Å². The molecule has 4 nitrogen and oxygen atoms in total. The van der Waals surface area contributed by atoms with E-state index in [1.165, 1.54) is 25.1 Å². The van der Waals surface area contributed by atoms with Gasteiger partial charge in [-0.1, -0.05) is 0 Å². The molecule has 0 spiro atoms. The molecule has 0 unspecified atom stereocenters. The van der Waals surface area contributed by atoms with Gasteiger partial charge in [0, 0.05) is 17.8 Å². The van der Waals surface area contributed by atoms with Crippen molar-refractivity contribution in [1.82, 2.24) is 0 Å². The molecule has 3 rings (SSSR count). The van der Waals surface area contributed by atoms with Crippen molar-refractivity contribution in [1.29, 1.82) is 0 Å². The smallest absolute Gasteiger partial charge is 0.310 e. The van der Waals surface area contributed by atoms with Gasteiger partial charge in [0.1, 0.15) is 5.82 Å². The van der Waals surface area contributed by atoms with Crippen molar-refractivity contribution in [3.05, 3.63) is 29.6 Å². The Hall–Kier alpha value is -1.92. The van der Waals surface area contributed by atoms with Gasteiger partial charge in [-0.25, -0.2) is 9.38 Å². The summed E-state index contributed by atoms with van der Waals surface area (Å²) in [7, 11) is 0. The van der Waals surface area contributed by atoms with Gasteiger partial charge in [-0.05, 0) is 43.9 Å². The number of hydrogen-bond acceptors (Lipinski definition) is 4. The second-order valence-electron chi connectivity index (χ2n) is 6.03. The van der Waals surface area contributed by atoms with E-state index in [2.05, 4.69) is 15.0 Å². The zero-order valence-corrected chi connectivity index (χ0v) is 12.2. The predicted octanol–water partition coefficient (Wildman–Crippen LogP) is 2.84. The molecule has 2 aliphatic rings. The normalized spacial score (nSPS) is 27.0.